The topological polar surface area (TPSA) is 69.0 Å². The van der Waals surface area contributed by atoms with Crippen LogP contribution in [-0.4, -0.2) is 30.4 Å². The van der Waals surface area contributed by atoms with Crippen LogP contribution in [0, 0.1) is 0 Å². The maximum atomic E-state index is 12.9. The van der Waals surface area contributed by atoms with E-state index in [9.17, 15) is 9.59 Å². The van der Waals surface area contributed by atoms with Crippen molar-refractivity contribution in [2.75, 3.05) is 13.7 Å². The van der Waals surface area contributed by atoms with Crippen molar-refractivity contribution in [3.05, 3.63) is 83.8 Å². The molecule has 3 aromatic rings. The Bertz CT molecular complexity index is 950. The van der Waals surface area contributed by atoms with Crippen LogP contribution in [0.4, 0.5) is 0 Å². The second-order valence-electron chi connectivity index (χ2n) is 6.55. The summed E-state index contributed by atoms with van der Waals surface area (Å²) in [6, 6.07) is 18.2. The molecule has 2 heterocycles. The number of furan rings is 1. The third-order valence-corrected chi connectivity index (χ3v) is 4.65. The second-order valence-corrected chi connectivity index (χ2v) is 6.55. The highest BCUT2D eigenvalue weighted by molar-refractivity contribution is 5.87. The van der Waals surface area contributed by atoms with Gasteiger partial charge < -0.3 is 18.8 Å². The molecule has 6 heteroatoms. The second kappa shape index (κ2) is 7.60. The number of likely N-dealkylation sites (N-methyl/N-ethyl adjacent to an activating group) is 1. The molecule has 1 aromatic heterocycles. The van der Waals surface area contributed by atoms with Crippen LogP contribution < -0.4 is 4.74 Å². The van der Waals surface area contributed by atoms with E-state index in [-0.39, 0.29) is 12.5 Å². The van der Waals surface area contributed by atoms with Crippen molar-refractivity contribution < 1.29 is 23.5 Å². The zero-order valence-corrected chi connectivity index (χ0v) is 15.3. The zero-order valence-electron chi connectivity index (χ0n) is 15.3. The van der Waals surface area contributed by atoms with Crippen molar-refractivity contribution in [1.82, 2.24) is 4.90 Å². The molecule has 0 N–H and O–H groups in total. The highest BCUT2D eigenvalue weighted by Crippen LogP contribution is 2.44. The van der Waals surface area contributed by atoms with Crippen molar-refractivity contribution in [3.63, 3.8) is 0 Å². The van der Waals surface area contributed by atoms with Crippen LogP contribution in [0.2, 0.25) is 0 Å². The number of rotatable bonds is 5. The SMILES string of the molecule is CN(Cc1ccco1)C(=O)COC(=O)C1c2ccccc2Oc2ccccc21. The molecule has 2 aromatic carbocycles. The molecule has 0 spiro atoms. The van der Waals surface area contributed by atoms with Gasteiger partial charge in [0.1, 0.15) is 23.2 Å². The standard InChI is InChI=1S/C22H19NO5/c1-23(13-15-7-6-12-26-15)20(24)14-27-22(25)21-16-8-2-4-10-18(16)28-19-11-5-3-9-17(19)21/h2-12,21H,13-14H2,1H3. The molecule has 28 heavy (non-hydrogen) atoms. The fourth-order valence-electron chi connectivity index (χ4n) is 3.21. The molecule has 0 unspecified atom stereocenters. The Morgan fingerprint density at radius 2 is 1.61 bits per heavy atom. The summed E-state index contributed by atoms with van der Waals surface area (Å²) in [6.45, 7) is -0.0238. The normalized spacial score (nSPS) is 12.5. The molecular formula is C22H19NO5. The number of nitrogens with zero attached hydrogens (tertiary/aromatic N) is 1. The average Bonchev–Trinajstić information content (AvgIpc) is 3.22. The van der Waals surface area contributed by atoms with Crippen LogP contribution in [0.1, 0.15) is 22.8 Å². The highest BCUT2D eigenvalue weighted by atomic mass is 16.5. The molecule has 0 bridgehead atoms. The number of esters is 1. The minimum atomic E-state index is -0.635. The maximum Gasteiger partial charge on any atom is 0.318 e. The number of ether oxygens (including phenoxy) is 2. The molecule has 1 aliphatic heterocycles. The Morgan fingerprint density at radius 1 is 0.964 bits per heavy atom. The van der Waals surface area contributed by atoms with Crippen LogP contribution in [0.5, 0.6) is 11.5 Å². The summed E-state index contributed by atoms with van der Waals surface area (Å²) in [5, 5.41) is 0. The fraction of sp³-hybridized carbons (Fsp3) is 0.182. The van der Waals surface area contributed by atoms with Gasteiger partial charge in [0.15, 0.2) is 6.61 Å². The number of amides is 1. The first-order valence-corrected chi connectivity index (χ1v) is 8.92. The van der Waals surface area contributed by atoms with E-state index in [2.05, 4.69) is 0 Å². The lowest BCUT2D eigenvalue weighted by Crippen LogP contribution is -2.32. The van der Waals surface area contributed by atoms with Crippen LogP contribution in [0.25, 0.3) is 0 Å². The Balaban J connectivity index is 1.48. The van der Waals surface area contributed by atoms with E-state index in [1.54, 1.807) is 25.4 Å². The van der Waals surface area contributed by atoms with Gasteiger partial charge in [0, 0.05) is 18.2 Å². The summed E-state index contributed by atoms with van der Waals surface area (Å²) in [5.41, 5.74) is 1.45. The van der Waals surface area contributed by atoms with Gasteiger partial charge in [0.05, 0.1) is 12.8 Å². The molecule has 0 aliphatic carbocycles. The minimum Gasteiger partial charge on any atom is -0.467 e. The molecule has 1 aliphatic rings. The van der Waals surface area contributed by atoms with Crippen molar-refractivity contribution in [1.29, 1.82) is 0 Å². The molecule has 4 rings (SSSR count). The maximum absolute atomic E-state index is 12.9. The van der Waals surface area contributed by atoms with Gasteiger partial charge >= 0.3 is 5.97 Å². The molecule has 0 saturated carbocycles. The minimum absolute atomic E-state index is 0.307. The third kappa shape index (κ3) is 3.49. The number of carbonyl (C=O) groups excluding carboxylic acids is 2. The zero-order chi connectivity index (χ0) is 19.5. The number of benzene rings is 2. The summed E-state index contributed by atoms with van der Waals surface area (Å²) in [5.74, 6) is 0.467. The van der Waals surface area contributed by atoms with Gasteiger partial charge in [-0.1, -0.05) is 36.4 Å². The van der Waals surface area contributed by atoms with E-state index in [1.165, 1.54) is 4.90 Å². The van der Waals surface area contributed by atoms with Gasteiger partial charge in [-0.15, -0.1) is 0 Å². The van der Waals surface area contributed by atoms with Crippen molar-refractivity contribution in [2.24, 2.45) is 0 Å². The van der Waals surface area contributed by atoms with E-state index >= 15 is 0 Å². The van der Waals surface area contributed by atoms with E-state index in [0.717, 1.165) is 11.1 Å². The quantitative estimate of drug-likeness (QED) is 0.634. The highest BCUT2D eigenvalue weighted by Gasteiger charge is 2.34. The van der Waals surface area contributed by atoms with Crippen LogP contribution in [-0.2, 0) is 20.9 Å². The Labute approximate surface area is 162 Å². The monoisotopic (exact) mass is 377 g/mol. The lowest BCUT2D eigenvalue weighted by Gasteiger charge is -2.27. The first kappa shape index (κ1) is 17.9. The number of carbonyl (C=O) groups is 2. The molecule has 0 saturated heterocycles. The Morgan fingerprint density at radius 3 is 2.21 bits per heavy atom. The number of para-hydroxylation sites is 2. The summed E-state index contributed by atoms with van der Waals surface area (Å²) in [6.07, 6.45) is 1.55. The van der Waals surface area contributed by atoms with Crippen LogP contribution in [0.3, 0.4) is 0 Å². The van der Waals surface area contributed by atoms with E-state index in [4.69, 9.17) is 13.9 Å². The fourth-order valence-corrected chi connectivity index (χ4v) is 3.21. The molecule has 0 radical (unpaired) electrons. The van der Waals surface area contributed by atoms with Gasteiger partial charge in [0.25, 0.3) is 5.91 Å². The predicted molar refractivity (Wildman–Crippen MR) is 101 cm³/mol. The summed E-state index contributed by atoms with van der Waals surface area (Å²) < 4.78 is 16.5. The van der Waals surface area contributed by atoms with Gasteiger partial charge in [-0.3, -0.25) is 9.59 Å². The van der Waals surface area contributed by atoms with E-state index in [1.807, 2.05) is 48.5 Å². The van der Waals surface area contributed by atoms with E-state index in [0.29, 0.717) is 23.8 Å². The van der Waals surface area contributed by atoms with E-state index < -0.39 is 11.9 Å². The molecule has 0 atom stereocenters. The molecular weight excluding hydrogens is 358 g/mol. The lowest BCUT2D eigenvalue weighted by atomic mass is 9.88. The summed E-state index contributed by atoms with van der Waals surface area (Å²) in [4.78, 5) is 26.7. The molecule has 0 fully saturated rings. The van der Waals surface area contributed by atoms with Crippen molar-refractivity contribution in [3.8, 4) is 11.5 Å². The van der Waals surface area contributed by atoms with Gasteiger partial charge in [-0.05, 0) is 24.3 Å². The average molecular weight is 377 g/mol. The number of hydrogen-bond donors (Lipinski definition) is 0. The smallest absolute Gasteiger partial charge is 0.318 e. The Hall–Kier alpha value is -3.54. The third-order valence-electron chi connectivity index (χ3n) is 4.65. The van der Waals surface area contributed by atoms with Crippen molar-refractivity contribution >= 4 is 11.9 Å². The van der Waals surface area contributed by atoms with Crippen LogP contribution >= 0.6 is 0 Å². The van der Waals surface area contributed by atoms with Gasteiger partial charge in [-0.25, -0.2) is 0 Å². The number of hydrogen-bond acceptors (Lipinski definition) is 5. The van der Waals surface area contributed by atoms with Crippen LogP contribution in [0.15, 0.2) is 71.3 Å². The lowest BCUT2D eigenvalue weighted by molar-refractivity contribution is -0.152. The Kier molecular flexibility index (Phi) is 4.85. The summed E-state index contributed by atoms with van der Waals surface area (Å²) >= 11 is 0. The first-order chi connectivity index (χ1) is 13.6. The molecule has 1 amide bonds. The van der Waals surface area contributed by atoms with Gasteiger partial charge in [0.2, 0.25) is 0 Å². The molecule has 6 nitrogen and oxygen atoms in total. The first-order valence-electron chi connectivity index (χ1n) is 8.92. The predicted octanol–water partition coefficient (Wildman–Crippen LogP) is 3.72. The van der Waals surface area contributed by atoms with Crippen molar-refractivity contribution in [2.45, 2.75) is 12.5 Å². The largest absolute Gasteiger partial charge is 0.467 e. The number of fused-ring (bicyclic) bond motifs is 2. The summed E-state index contributed by atoms with van der Waals surface area (Å²) in [7, 11) is 1.64. The molecule has 142 valence electrons. The van der Waals surface area contributed by atoms with Gasteiger partial charge in [-0.2, -0.15) is 0 Å².